The van der Waals surface area contributed by atoms with Crippen LogP contribution in [0.1, 0.15) is 19.4 Å². The van der Waals surface area contributed by atoms with Crippen LogP contribution in [0.5, 0.6) is 0 Å². The van der Waals surface area contributed by atoms with Gasteiger partial charge in [-0.05, 0) is 5.56 Å². The summed E-state index contributed by atoms with van der Waals surface area (Å²) in [5.41, 5.74) is 5.73. The molecule has 0 radical (unpaired) electrons. The average molecular weight is 209 g/mol. The van der Waals surface area contributed by atoms with E-state index in [0.29, 0.717) is 0 Å². The average Bonchev–Trinajstić information content (AvgIpc) is 2.65. The zero-order chi connectivity index (χ0) is 11.6. The van der Waals surface area contributed by atoms with Crippen molar-refractivity contribution < 1.29 is 9.90 Å². The molecule has 0 spiro atoms. The van der Waals surface area contributed by atoms with Gasteiger partial charge >= 0.3 is 5.97 Å². The number of aliphatic carboxylic acids is 1. The summed E-state index contributed by atoms with van der Waals surface area (Å²) in [7, 11) is 0. The van der Waals surface area contributed by atoms with Crippen LogP contribution in [0.4, 0.5) is 0 Å². The van der Waals surface area contributed by atoms with E-state index in [2.05, 4.69) is 11.7 Å². The summed E-state index contributed by atoms with van der Waals surface area (Å²) < 4.78 is 1.52. The van der Waals surface area contributed by atoms with Gasteiger partial charge in [0.2, 0.25) is 0 Å². The molecule has 1 rings (SSSR count). The maximum absolute atomic E-state index is 10.8. The third-order valence-corrected chi connectivity index (χ3v) is 2.58. The number of carbonyl (C=O) groups is 1. The SMILES string of the molecule is C=Cn1cc(C(C)(C)C(N)C(=O)O)cn1. The Kier molecular flexibility index (Phi) is 2.95. The topological polar surface area (TPSA) is 81.1 Å². The molecule has 1 aromatic heterocycles. The van der Waals surface area contributed by atoms with E-state index in [-0.39, 0.29) is 0 Å². The van der Waals surface area contributed by atoms with Crippen molar-refractivity contribution in [2.45, 2.75) is 25.3 Å². The van der Waals surface area contributed by atoms with Crippen molar-refractivity contribution >= 4 is 12.2 Å². The highest BCUT2D eigenvalue weighted by Gasteiger charge is 2.34. The number of hydrogen-bond donors (Lipinski definition) is 2. The Bertz CT molecular complexity index is 382. The van der Waals surface area contributed by atoms with Gasteiger partial charge < -0.3 is 10.8 Å². The zero-order valence-electron chi connectivity index (χ0n) is 8.84. The molecule has 0 fully saturated rings. The number of carboxylic acids is 1. The third kappa shape index (κ3) is 2.07. The Morgan fingerprint density at radius 1 is 1.80 bits per heavy atom. The fourth-order valence-electron chi connectivity index (χ4n) is 1.26. The van der Waals surface area contributed by atoms with Crippen LogP contribution in [0.25, 0.3) is 6.20 Å². The van der Waals surface area contributed by atoms with Gasteiger partial charge in [0.15, 0.2) is 0 Å². The van der Waals surface area contributed by atoms with Crippen LogP contribution in [-0.4, -0.2) is 26.9 Å². The first-order valence-corrected chi connectivity index (χ1v) is 4.55. The number of hydrogen-bond acceptors (Lipinski definition) is 3. The summed E-state index contributed by atoms with van der Waals surface area (Å²) in [6.45, 7) is 7.11. The largest absolute Gasteiger partial charge is 0.480 e. The molecular formula is C10H15N3O2. The van der Waals surface area contributed by atoms with E-state index in [4.69, 9.17) is 10.8 Å². The molecule has 1 heterocycles. The molecule has 0 bridgehead atoms. The minimum absolute atomic E-state index is 0.660. The van der Waals surface area contributed by atoms with Crippen LogP contribution >= 0.6 is 0 Å². The standard InChI is InChI=1S/C10H15N3O2/c1-4-13-6-7(5-12-13)10(2,3)8(11)9(14)15/h4-6,8H,1,11H2,2-3H3,(H,14,15). The second kappa shape index (κ2) is 3.86. The predicted molar refractivity (Wildman–Crippen MR) is 57.3 cm³/mol. The molecule has 3 N–H and O–H groups in total. The van der Waals surface area contributed by atoms with E-state index in [1.54, 1.807) is 26.2 Å². The number of rotatable bonds is 4. The van der Waals surface area contributed by atoms with E-state index >= 15 is 0 Å². The fraction of sp³-hybridized carbons (Fsp3) is 0.400. The normalized spacial score (nSPS) is 13.5. The van der Waals surface area contributed by atoms with Crippen LogP contribution in [-0.2, 0) is 10.2 Å². The molecule has 1 aromatic rings. The van der Waals surface area contributed by atoms with Crippen molar-refractivity contribution in [2.24, 2.45) is 5.73 Å². The number of nitrogens with zero attached hydrogens (tertiary/aromatic N) is 2. The molecule has 0 amide bonds. The van der Waals surface area contributed by atoms with Gasteiger partial charge in [0, 0.05) is 17.8 Å². The van der Waals surface area contributed by atoms with E-state index in [1.807, 2.05) is 0 Å². The van der Waals surface area contributed by atoms with Crippen molar-refractivity contribution in [2.75, 3.05) is 0 Å². The molecule has 0 aliphatic heterocycles. The van der Waals surface area contributed by atoms with Crippen molar-refractivity contribution in [3.8, 4) is 0 Å². The minimum atomic E-state index is -1.02. The Morgan fingerprint density at radius 2 is 2.40 bits per heavy atom. The number of aromatic nitrogens is 2. The first kappa shape index (κ1) is 11.5. The Morgan fingerprint density at radius 3 is 2.80 bits per heavy atom. The minimum Gasteiger partial charge on any atom is -0.480 e. The van der Waals surface area contributed by atoms with Gasteiger partial charge in [-0.3, -0.25) is 4.79 Å². The summed E-state index contributed by atoms with van der Waals surface area (Å²) >= 11 is 0. The van der Waals surface area contributed by atoms with Gasteiger partial charge in [-0.2, -0.15) is 5.10 Å². The predicted octanol–water partition coefficient (Wildman–Crippen LogP) is 0.673. The fourth-order valence-corrected chi connectivity index (χ4v) is 1.26. The second-order valence-corrected chi connectivity index (χ2v) is 3.93. The lowest BCUT2D eigenvalue weighted by Gasteiger charge is -2.27. The van der Waals surface area contributed by atoms with Crippen molar-refractivity contribution in [3.63, 3.8) is 0 Å². The highest BCUT2D eigenvalue weighted by atomic mass is 16.4. The molecule has 0 saturated heterocycles. The van der Waals surface area contributed by atoms with Crippen LogP contribution in [0.2, 0.25) is 0 Å². The van der Waals surface area contributed by atoms with Crippen molar-refractivity contribution in [3.05, 3.63) is 24.5 Å². The van der Waals surface area contributed by atoms with E-state index in [1.165, 1.54) is 10.9 Å². The molecule has 1 unspecified atom stereocenters. The number of carboxylic acid groups (broad SMARTS) is 1. The van der Waals surface area contributed by atoms with Gasteiger partial charge in [0.25, 0.3) is 0 Å². The molecule has 0 aromatic carbocycles. The van der Waals surface area contributed by atoms with E-state index in [0.717, 1.165) is 5.56 Å². The van der Waals surface area contributed by atoms with E-state index in [9.17, 15) is 4.79 Å². The highest BCUT2D eigenvalue weighted by molar-refractivity contribution is 5.75. The Hall–Kier alpha value is -1.62. The first-order chi connectivity index (χ1) is 6.89. The second-order valence-electron chi connectivity index (χ2n) is 3.93. The summed E-state index contributed by atoms with van der Waals surface area (Å²) in [6.07, 6.45) is 4.85. The molecule has 5 heteroatoms. The molecular weight excluding hydrogens is 194 g/mol. The molecule has 0 aliphatic carbocycles. The van der Waals surface area contributed by atoms with Crippen LogP contribution < -0.4 is 5.73 Å². The Labute approximate surface area is 88.2 Å². The van der Waals surface area contributed by atoms with Gasteiger partial charge in [0.05, 0.1) is 6.20 Å². The maximum atomic E-state index is 10.8. The van der Waals surface area contributed by atoms with Gasteiger partial charge in [0.1, 0.15) is 6.04 Å². The first-order valence-electron chi connectivity index (χ1n) is 4.55. The van der Waals surface area contributed by atoms with Gasteiger partial charge in [-0.15, -0.1) is 0 Å². The lowest BCUT2D eigenvalue weighted by atomic mass is 9.80. The molecule has 1 atom stereocenters. The van der Waals surface area contributed by atoms with Crippen LogP contribution in [0.15, 0.2) is 19.0 Å². The highest BCUT2D eigenvalue weighted by Crippen LogP contribution is 2.25. The zero-order valence-corrected chi connectivity index (χ0v) is 8.84. The molecule has 0 aliphatic rings. The van der Waals surface area contributed by atoms with Crippen LogP contribution in [0, 0.1) is 0 Å². The molecule has 5 nitrogen and oxygen atoms in total. The van der Waals surface area contributed by atoms with Gasteiger partial charge in [-0.1, -0.05) is 20.4 Å². The Balaban J connectivity index is 3.04. The summed E-state index contributed by atoms with van der Waals surface area (Å²) in [5.74, 6) is -1.02. The quantitative estimate of drug-likeness (QED) is 0.763. The lowest BCUT2D eigenvalue weighted by molar-refractivity contribution is -0.140. The number of nitrogens with two attached hydrogens (primary N) is 1. The van der Waals surface area contributed by atoms with E-state index < -0.39 is 17.4 Å². The van der Waals surface area contributed by atoms with Gasteiger partial charge in [-0.25, -0.2) is 4.68 Å². The molecule has 82 valence electrons. The summed E-state index contributed by atoms with van der Waals surface area (Å²) in [4.78, 5) is 10.8. The lowest BCUT2D eigenvalue weighted by Crippen LogP contribution is -2.46. The summed E-state index contributed by atoms with van der Waals surface area (Å²) in [5, 5.41) is 12.9. The van der Waals surface area contributed by atoms with Crippen LogP contribution in [0.3, 0.4) is 0 Å². The maximum Gasteiger partial charge on any atom is 0.321 e. The van der Waals surface area contributed by atoms with Crippen molar-refractivity contribution in [1.82, 2.24) is 9.78 Å². The third-order valence-electron chi connectivity index (χ3n) is 2.58. The smallest absolute Gasteiger partial charge is 0.321 e. The van der Waals surface area contributed by atoms with Crippen molar-refractivity contribution in [1.29, 1.82) is 0 Å². The molecule has 15 heavy (non-hydrogen) atoms. The monoisotopic (exact) mass is 209 g/mol. The molecule has 0 saturated carbocycles. The summed E-state index contributed by atoms with van der Waals surface area (Å²) in [6, 6.07) is -0.958.